The Kier molecular flexibility index (Phi) is 11.3. The normalized spacial score (nSPS) is 15.9. The Morgan fingerprint density at radius 2 is 0.958 bits per heavy atom. The van der Waals surface area contributed by atoms with E-state index < -0.39 is 46.5 Å². The van der Waals surface area contributed by atoms with Crippen molar-refractivity contribution in [1.82, 2.24) is 0 Å². The summed E-state index contributed by atoms with van der Waals surface area (Å²) in [5, 5.41) is 32.9. The number of nitrogens with two attached hydrogens (primary N) is 2. The van der Waals surface area contributed by atoms with E-state index in [9.17, 15) is 29.4 Å². The zero-order valence-electron chi connectivity index (χ0n) is 11.9. The third kappa shape index (κ3) is 8.89. The Morgan fingerprint density at radius 1 is 0.667 bits per heavy atom. The summed E-state index contributed by atoms with van der Waals surface area (Å²) in [4.78, 5) is 43.7. The number of carbonyl (C=O) groups is 4. The lowest BCUT2D eigenvalue weighted by molar-refractivity contribution is -0.142. The molecule has 0 radical (unpaired) electrons. The van der Waals surface area contributed by atoms with Gasteiger partial charge < -0.3 is 31.9 Å². The van der Waals surface area contributed by atoms with Crippen molar-refractivity contribution in [2.75, 3.05) is 11.5 Å². The number of aliphatic carboxylic acids is 4. The Labute approximate surface area is 152 Å². The predicted molar refractivity (Wildman–Crippen MR) is 94.2 cm³/mol. The van der Waals surface area contributed by atoms with Crippen LogP contribution >= 0.6 is 43.2 Å². The molecule has 24 heavy (non-hydrogen) atoms. The Balaban J connectivity index is 4.68. The molecule has 0 bridgehead atoms. The highest BCUT2D eigenvalue weighted by Gasteiger charge is 2.36. The maximum Gasteiger partial charge on any atom is 0.321 e. The number of carboxylic acid groups (broad SMARTS) is 4. The van der Waals surface area contributed by atoms with Crippen LogP contribution in [0.2, 0.25) is 0 Å². The lowest BCUT2D eigenvalue weighted by atomic mass is 10.3. The van der Waals surface area contributed by atoms with Crippen LogP contribution in [0, 0.1) is 0 Å². The molecule has 8 N–H and O–H groups in total. The van der Waals surface area contributed by atoms with Crippen LogP contribution in [0.15, 0.2) is 0 Å². The Morgan fingerprint density at radius 3 is 1.17 bits per heavy atom. The van der Waals surface area contributed by atoms with Crippen LogP contribution < -0.4 is 11.5 Å². The van der Waals surface area contributed by atoms with Gasteiger partial charge in [-0.3, -0.25) is 19.2 Å². The second-order valence-corrected chi connectivity index (χ2v) is 9.28. The molecular weight excluding hydrogens is 404 g/mol. The summed E-state index contributed by atoms with van der Waals surface area (Å²) in [5.41, 5.74) is 10.6. The molecule has 0 aliphatic rings. The van der Waals surface area contributed by atoms with Crippen LogP contribution in [-0.2, 0) is 19.2 Å². The number of carboxylic acids is 4. The minimum absolute atomic E-state index is 0.0994. The molecule has 0 aliphatic heterocycles. The lowest BCUT2D eigenvalue weighted by Crippen LogP contribution is -2.36. The molecule has 0 aromatic rings. The van der Waals surface area contributed by atoms with Crippen molar-refractivity contribution in [3.8, 4) is 0 Å². The van der Waals surface area contributed by atoms with Gasteiger partial charge in [0.2, 0.25) is 0 Å². The monoisotopic (exact) mass is 420 g/mol. The molecule has 0 amide bonds. The predicted octanol–water partition coefficient (Wildman–Crippen LogP) is -0.521. The van der Waals surface area contributed by atoms with Crippen LogP contribution in [0.3, 0.4) is 0 Å². The molecule has 0 unspecified atom stereocenters. The molecule has 14 heteroatoms. The van der Waals surface area contributed by atoms with Crippen molar-refractivity contribution >= 4 is 67.1 Å². The molecule has 0 aliphatic carbocycles. The smallest absolute Gasteiger partial charge is 0.321 e. The standard InChI is InChI=1S/C10H16N2O8S4/c11-3(7(13)14)1-21-23-5(9(17)18)6(10(19)20)24-22-2-4(12)8(15)16/h3-6H,1-2,11-12H2,(H,13,14)(H,15,16)(H,17,18)(H,19,20)/t3-,4-,5-,6+/m1/s1. The summed E-state index contributed by atoms with van der Waals surface area (Å²) in [6.07, 6.45) is 0. The van der Waals surface area contributed by atoms with Crippen LogP contribution in [0.1, 0.15) is 0 Å². The maximum atomic E-state index is 11.3. The summed E-state index contributed by atoms with van der Waals surface area (Å²) < 4.78 is 0. The lowest BCUT2D eigenvalue weighted by Gasteiger charge is -2.19. The topological polar surface area (TPSA) is 201 Å². The molecule has 0 heterocycles. The van der Waals surface area contributed by atoms with Gasteiger partial charge in [-0.1, -0.05) is 43.2 Å². The first-order valence-corrected chi connectivity index (χ1v) is 10.8. The molecule has 4 atom stereocenters. The first-order valence-electron chi connectivity index (χ1n) is 6.06. The van der Waals surface area contributed by atoms with Crippen molar-refractivity contribution in [3.63, 3.8) is 0 Å². The highest BCUT2D eigenvalue weighted by atomic mass is 33.1. The molecule has 0 fully saturated rings. The first-order chi connectivity index (χ1) is 11.1. The third-order valence-electron chi connectivity index (χ3n) is 2.23. The van der Waals surface area contributed by atoms with Gasteiger partial charge in [0, 0.05) is 11.5 Å². The van der Waals surface area contributed by atoms with Crippen molar-refractivity contribution in [2.45, 2.75) is 22.6 Å². The highest BCUT2D eigenvalue weighted by molar-refractivity contribution is 8.79. The minimum Gasteiger partial charge on any atom is -0.480 e. The largest absolute Gasteiger partial charge is 0.480 e. The molecule has 138 valence electrons. The molecule has 0 saturated heterocycles. The van der Waals surface area contributed by atoms with Crippen LogP contribution in [-0.4, -0.2) is 78.4 Å². The highest BCUT2D eigenvalue weighted by Crippen LogP contribution is 2.38. The number of rotatable bonds is 13. The first kappa shape index (κ1) is 23.2. The maximum absolute atomic E-state index is 11.3. The fraction of sp³-hybridized carbons (Fsp3) is 0.600. The van der Waals surface area contributed by atoms with E-state index in [1.165, 1.54) is 0 Å². The van der Waals surface area contributed by atoms with Gasteiger partial charge >= 0.3 is 23.9 Å². The van der Waals surface area contributed by atoms with Crippen molar-refractivity contribution in [2.24, 2.45) is 11.5 Å². The Hall–Kier alpha value is -0.800. The van der Waals surface area contributed by atoms with Crippen molar-refractivity contribution in [3.05, 3.63) is 0 Å². The van der Waals surface area contributed by atoms with Crippen LogP contribution in [0.4, 0.5) is 0 Å². The fourth-order valence-electron chi connectivity index (χ4n) is 0.957. The van der Waals surface area contributed by atoms with Gasteiger partial charge in [0.05, 0.1) is 0 Å². The van der Waals surface area contributed by atoms with Gasteiger partial charge in [-0.15, -0.1) is 0 Å². The van der Waals surface area contributed by atoms with Gasteiger partial charge in [0.1, 0.15) is 22.6 Å². The van der Waals surface area contributed by atoms with Crippen molar-refractivity contribution in [1.29, 1.82) is 0 Å². The quantitative estimate of drug-likeness (QED) is 0.208. The molecule has 0 aromatic heterocycles. The SMILES string of the molecule is N[C@H](CSS[C@H](C(=O)O)[C@@H](SSC[C@@H](N)C(=O)O)C(=O)O)C(=O)O. The molecule has 0 spiro atoms. The van der Waals surface area contributed by atoms with Crippen LogP contribution in [0.5, 0.6) is 0 Å². The van der Waals surface area contributed by atoms with E-state index >= 15 is 0 Å². The van der Waals surface area contributed by atoms with E-state index in [4.69, 9.17) is 21.7 Å². The van der Waals surface area contributed by atoms with Gasteiger partial charge in [0.15, 0.2) is 0 Å². The second kappa shape index (κ2) is 11.7. The molecule has 0 saturated carbocycles. The van der Waals surface area contributed by atoms with Crippen LogP contribution in [0.25, 0.3) is 0 Å². The molecular formula is C10H16N2O8S4. The zero-order chi connectivity index (χ0) is 18.9. The number of hydrogen-bond donors (Lipinski definition) is 6. The van der Waals surface area contributed by atoms with E-state index in [1.807, 2.05) is 0 Å². The average Bonchev–Trinajstić information content (AvgIpc) is 2.47. The third-order valence-corrected chi connectivity index (χ3v) is 7.91. The van der Waals surface area contributed by atoms with E-state index in [0.717, 1.165) is 21.6 Å². The van der Waals surface area contributed by atoms with E-state index in [2.05, 4.69) is 0 Å². The Bertz CT molecular complexity index is 438. The number of hydrogen-bond acceptors (Lipinski definition) is 10. The fourth-order valence-corrected chi connectivity index (χ4v) is 6.73. The zero-order valence-corrected chi connectivity index (χ0v) is 15.2. The van der Waals surface area contributed by atoms with E-state index in [-0.39, 0.29) is 11.5 Å². The van der Waals surface area contributed by atoms with E-state index in [1.54, 1.807) is 0 Å². The average molecular weight is 421 g/mol. The van der Waals surface area contributed by atoms with Crippen molar-refractivity contribution < 1.29 is 39.6 Å². The summed E-state index contributed by atoms with van der Waals surface area (Å²) in [6, 6.07) is -2.40. The molecule has 10 nitrogen and oxygen atoms in total. The summed E-state index contributed by atoms with van der Waals surface area (Å²) in [6.45, 7) is 0. The summed E-state index contributed by atoms with van der Waals surface area (Å²) >= 11 is 0. The molecule has 0 rings (SSSR count). The minimum atomic E-state index is -1.39. The second-order valence-electron chi connectivity index (χ2n) is 4.17. The molecule has 0 aromatic carbocycles. The summed E-state index contributed by atoms with van der Waals surface area (Å²) in [5.74, 6) is -5.48. The van der Waals surface area contributed by atoms with E-state index in [0.29, 0.717) is 21.6 Å². The summed E-state index contributed by atoms with van der Waals surface area (Å²) in [7, 11) is 3.06. The van der Waals surface area contributed by atoms with Gasteiger partial charge in [-0.2, -0.15) is 0 Å². The van der Waals surface area contributed by atoms with Gasteiger partial charge in [-0.05, 0) is 0 Å². The van der Waals surface area contributed by atoms with Gasteiger partial charge in [0.25, 0.3) is 0 Å². The van der Waals surface area contributed by atoms with Gasteiger partial charge in [-0.25, -0.2) is 0 Å².